The summed E-state index contributed by atoms with van der Waals surface area (Å²) in [5.74, 6) is 0.194. The van der Waals surface area contributed by atoms with Crippen LogP contribution in [0.4, 0.5) is 5.69 Å². The molecule has 8 nitrogen and oxygen atoms in total. The van der Waals surface area contributed by atoms with Gasteiger partial charge in [-0.2, -0.15) is 13.1 Å². The fourth-order valence-corrected chi connectivity index (χ4v) is 6.22. The molecule has 3 aromatic rings. The topological polar surface area (TPSA) is 101 Å². The first-order valence-corrected chi connectivity index (χ1v) is 13.0. The molecule has 176 valence electrons. The van der Waals surface area contributed by atoms with Gasteiger partial charge >= 0.3 is 0 Å². The van der Waals surface area contributed by atoms with Crippen molar-refractivity contribution in [2.45, 2.75) is 43.9 Å². The minimum absolute atomic E-state index is 0.0683. The first kappa shape index (κ1) is 23.6. The second-order valence-corrected chi connectivity index (χ2v) is 11.7. The van der Waals surface area contributed by atoms with Crippen LogP contribution in [-0.4, -0.2) is 47.6 Å². The van der Waals surface area contributed by atoms with E-state index < -0.39 is 10.0 Å². The van der Waals surface area contributed by atoms with Crippen LogP contribution >= 0.6 is 11.7 Å². The lowest BCUT2D eigenvalue weighted by Crippen LogP contribution is -2.41. The van der Waals surface area contributed by atoms with E-state index in [4.69, 9.17) is 4.74 Å². The van der Waals surface area contributed by atoms with Gasteiger partial charge in [0.1, 0.15) is 21.7 Å². The summed E-state index contributed by atoms with van der Waals surface area (Å²) >= 11 is 0.994. The average molecular weight is 489 g/mol. The zero-order valence-corrected chi connectivity index (χ0v) is 20.8. The molecule has 4 rings (SSSR count). The van der Waals surface area contributed by atoms with E-state index in [-0.39, 0.29) is 35.2 Å². The van der Waals surface area contributed by atoms with Gasteiger partial charge in [0.05, 0.1) is 24.5 Å². The highest BCUT2D eigenvalue weighted by atomic mass is 32.2. The molecule has 1 fully saturated rings. The van der Waals surface area contributed by atoms with E-state index in [0.717, 1.165) is 17.3 Å². The second kappa shape index (κ2) is 9.00. The number of fused-ring (bicyclic) bond motifs is 1. The summed E-state index contributed by atoms with van der Waals surface area (Å²) in [6.07, 6.45) is 0.884. The molecule has 0 bridgehead atoms. The van der Waals surface area contributed by atoms with Crippen molar-refractivity contribution in [3.63, 3.8) is 0 Å². The molecule has 0 unspecified atom stereocenters. The predicted molar refractivity (Wildman–Crippen MR) is 129 cm³/mol. The van der Waals surface area contributed by atoms with Crippen molar-refractivity contribution in [2.24, 2.45) is 5.92 Å². The number of nitrogens with zero attached hydrogens (tertiary/aromatic N) is 3. The van der Waals surface area contributed by atoms with E-state index in [1.807, 2.05) is 18.2 Å². The highest BCUT2D eigenvalue weighted by Gasteiger charge is 2.34. The lowest BCUT2D eigenvalue weighted by molar-refractivity contribution is -0.120. The molecule has 1 N–H and O–H groups in total. The summed E-state index contributed by atoms with van der Waals surface area (Å²) in [5, 5.41) is 3.00. The van der Waals surface area contributed by atoms with Crippen LogP contribution in [0.25, 0.3) is 11.0 Å². The number of methoxy groups -OCH3 is 1. The molecule has 1 amide bonds. The monoisotopic (exact) mass is 488 g/mol. The summed E-state index contributed by atoms with van der Waals surface area (Å²) in [4.78, 5) is 13.2. The maximum Gasteiger partial charge on any atom is 0.245 e. The number of piperidine rings is 1. The van der Waals surface area contributed by atoms with Gasteiger partial charge in [-0.3, -0.25) is 4.79 Å². The number of amides is 1. The van der Waals surface area contributed by atoms with Gasteiger partial charge in [-0.15, -0.1) is 0 Å². The van der Waals surface area contributed by atoms with Crippen molar-refractivity contribution in [3.05, 3.63) is 42.0 Å². The standard InChI is InChI=1S/C23H28N4O4S2/c1-23(2,3)16-8-9-19(31-4)18(14-16)24-22(28)15-10-12-27(13-11-15)33(29,30)20-7-5-6-17-21(20)26-32-25-17/h5-9,14-15H,10-13H2,1-4H3,(H,24,28). The van der Waals surface area contributed by atoms with Crippen LogP contribution in [0.15, 0.2) is 41.3 Å². The van der Waals surface area contributed by atoms with Crippen molar-refractivity contribution in [1.82, 2.24) is 13.1 Å². The first-order chi connectivity index (χ1) is 15.6. The Balaban J connectivity index is 1.46. The van der Waals surface area contributed by atoms with E-state index in [0.29, 0.717) is 35.3 Å². The van der Waals surface area contributed by atoms with E-state index in [9.17, 15) is 13.2 Å². The molecular formula is C23H28N4O4S2. The SMILES string of the molecule is COc1ccc(C(C)(C)C)cc1NC(=O)C1CCN(S(=O)(=O)c2cccc3nsnc23)CC1. The third kappa shape index (κ3) is 4.73. The molecule has 2 heterocycles. The van der Waals surface area contributed by atoms with E-state index in [1.54, 1.807) is 25.3 Å². The minimum atomic E-state index is -3.71. The van der Waals surface area contributed by atoms with Crippen LogP contribution in [0.1, 0.15) is 39.2 Å². The molecule has 1 saturated heterocycles. The normalized spacial score (nSPS) is 16.1. The zero-order valence-electron chi connectivity index (χ0n) is 19.2. The van der Waals surface area contributed by atoms with Gasteiger partial charge in [0.15, 0.2) is 0 Å². The molecule has 1 aliphatic heterocycles. The molecule has 0 saturated carbocycles. The molecule has 0 atom stereocenters. The van der Waals surface area contributed by atoms with Crippen LogP contribution in [0.2, 0.25) is 0 Å². The third-order valence-corrected chi connectivity index (χ3v) is 8.49. The van der Waals surface area contributed by atoms with Crippen LogP contribution in [-0.2, 0) is 20.2 Å². The van der Waals surface area contributed by atoms with E-state index >= 15 is 0 Å². The van der Waals surface area contributed by atoms with E-state index in [1.165, 1.54) is 4.31 Å². The number of aromatic nitrogens is 2. The van der Waals surface area contributed by atoms with E-state index in [2.05, 4.69) is 34.8 Å². The highest BCUT2D eigenvalue weighted by Crippen LogP contribution is 2.33. The van der Waals surface area contributed by atoms with Crippen LogP contribution < -0.4 is 10.1 Å². The smallest absolute Gasteiger partial charge is 0.245 e. The van der Waals surface area contributed by atoms with Crippen molar-refractivity contribution in [3.8, 4) is 5.75 Å². The van der Waals surface area contributed by atoms with Gasteiger partial charge in [0.2, 0.25) is 15.9 Å². The Kier molecular flexibility index (Phi) is 6.43. The zero-order chi connectivity index (χ0) is 23.8. The maximum atomic E-state index is 13.2. The molecule has 0 radical (unpaired) electrons. The molecular weight excluding hydrogens is 460 g/mol. The minimum Gasteiger partial charge on any atom is -0.495 e. The third-order valence-electron chi connectivity index (χ3n) is 6.01. The number of hydrogen-bond donors (Lipinski definition) is 1. The summed E-state index contributed by atoms with van der Waals surface area (Å²) in [5.41, 5.74) is 2.62. The Morgan fingerprint density at radius 2 is 1.88 bits per heavy atom. The summed E-state index contributed by atoms with van der Waals surface area (Å²) in [7, 11) is -2.14. The van der Waals surface area contributed by atoms with Crippen LogP contribution in [0.5, 0.6) is 5.75 Å². The molecule has 2 aromatic carbocycles. The van der Waals surface area contributed by atoms with Gasteiger partial charge in [-0.1, -0.05) is 32.9 Å². The Morgan fingerprint density at radius 3 is 2.55 bits per heavy atom. The van der Waals surface area contributed by atoms with Crippen molar-refractivity contribution >= 4 is 44.4 Å². The van der Waals surface area contributed by atoms with Gasteiger partial charge in [0, 0.05) is 19.0 Å². The Labute approximate surface area is 198 Å². The summed E-state index contributed by atoms with van der Waals surface area (Å²) < 4.78 is 41.6. The Bertz CT molecular complexity index is 1270. The molecule has 1 aliphatic rings. The predicted octanol–water partition coefficient (Wildman–Crippen LogP) is 4.04. The average Bonchev–Trinajstić information content (AvgIpc) is 3.27. The number of nitrogens with one attached hydrogen (secondary N) is 1. The van der Waals surface area contributed by atoms with Crippen LogP contribution in [0.3, 0.4) is 0 Å². The first-order valence-electron chi connectivity index (χ1n) is 10.8. The summed E-state index contributed by atoms with van der Waals surface area (Å²) in [6.45, 7) is 6.87. The number of rotatable bonds is 5. The number of benzene rings is 2. The molecule has 0 spiro atoms. The Hall–Kier alpha value is -2.56. The largest absolute Gasteiger partial charge is 0.495 e. The molecule has 10 heteroatoms. The molecule has 1 aromatic heterocycles. The Morgan fingerprint density at radius 1 is 1.15 bits per heavy atom. The lowest BCUT2D eigenvalue weighted by Gasteiger charge is -2.30. The lowest BCUT2D eigenvalue weighted by atomic mass is 9.86. The number of ether oxygens (including phenoxy) is 1. The molecule has 33 heavy (non-hydrogen) atoms. The quantitative estimate of drug-likeness (QED) is 0.582. The van der Waals surface area contributed by atoms with Gasteiger partial charge in [-0.25, -0.2) is 8.42 Å². The summed E-state index contributed by atoms with van der Waals surface area (Å²) in [6, 6.07) is 10.8. The number of carbonyl (C=O) groups excluding carboxylic acids is 1. The van der Waals surface area contributed by atoms with Crippen molar-refractivity contribution in [1.29, 1.82) is 0 Å². The fraction of sp³-hybridized carbons (Fsp3) is 0.435. The molecule has 0 aliphatic carbocycles. The number of sulfonamides is 1. The van der Waals surface area contributed by atoms with Gasteiger partial charge < -0.3 is 10.1 Å². The number of anilines is 1. The fourth-order valence-electron chi connectivity index (χ4n) is 3.99. The second-order valence-electron chi connectivity index (χ2n) is 9.22. The van der Waals surface area contributed by atoms with Crippen LogP contribution in [0, 0.1) is 5.92 Å². The number of hydrogen-bond acceptors (Lipinski definition) is 7. The van der Waals surface area contributed by atoms with Gasteiger partial charge in [-0.05, 0) is 48.1 Å². The van der Waals surface area contributed by atoms with Crippen molar-refractivity contribution < 1.29 is 17.9 Å². The maximum absolute atomic E-state index is 13.2. The number of carbonyl (C=O) groups is 1. The van der Waals surface area contributed by atoms with Crippen molar-refractivity contribution in [2.75, 3.05) is 25.5 Å². The highest BCUT2D eigenvalue weighted by molar-refractivity contribution is 7.89. The van der Waals surface area contributed by atoms with Gasteiger partial charge in [0.25, 0.3) is 0 Å².